The van der Waals surface area contributed by atoms with Crippen LogP contribution in [0, 0.1) is 29.1 Å². The van der Waals surface area contributed by atoms with Gasteiger partial charge in [-0.1, -0.05) is 36.8 Å². The summed E-state index contributed by atoms with van der Waals surface area (Å²) in [5.74, 6) is 2.18. The first-order chi connectivity index (χ1) is 9.76. The van der Waals surface area contributed by atoms with Crippen molar-refractivity contribution in [2.24, 2.45) is 17.8 Å². The van der Waals surface area contributed by atoms with Crippen LogP contribution in [-0.4, -0.2) is 5.91 Å². The molecule has 2 bridgehead atoms. The standard InChI is InChI=1S/C17H20N2O/c18-11-16(13-4-2-1-3-5-13)19-17(20)10-15-9-12-6-7-14(15)8-12/h1-5,12,14-16H,6-10H2,(H,19,20). The van der Waals surface area contributed by atoms with Crippen molar-refractivity contribution in [3.63, 3.8) is 0 Å². The molecule has 3 nitrogen and oxygen atoms in total. The zero-order valence-corrected chi connectivity index (χ0v) is 11.6. The lowest BCUT2D eigenvalue weighted by molar-refractivity contribution is -0.122. The SMILES string of the molecule is N#CC(NC(=O)CC1CC2CCC1C2)c1ccccc1. The van der Waals surface area contributed by atoms with Crippen LogP contribution in [0.2, 0.25) is 0 Å². The number of hydrogen-bond acceptors (Lipinski definition) is 2. The van der Waals surface area contributed by atoms with E-state index >= 15 is 0 Å². The average Bonchev–Trinajstić information content (AvgIpc) is 3.08. The first-order valence-corrected chi connectivity index (χ1v) is 7.50. The zero-order valence-electron chi connectivity index (χ0n) is 11.6. The molecule has 104 valence electrons. The monoisotopic (exact) mass is 268 g/mol. The van der Waals surface area contributed by atoms with Crippen LogP contribution in [0.5, 0.6) is 0 Å². The number of nitrogens with one attached hydrogen (secondary N) is 1. The lowest BCUT2D eigenvalue weighted by Gasteiger charge is -2.21. The number of nitrogens with zero attached hydrogens (tertiary/aromatic N) is 1. The van der Waals surface area contributed by atoms with Gasteiger partial charge in [-0.3, -0.25) is 4.79 Å². The van der Waals surface area contributed by atoms with Crippen LogP contribution in [0.1, 0.15) is 43.7 Å². The van der Waals surface area contributed by atoms with Crippen LogP contribution < -0.4 is 5.32 Å². The Labute approximate surface area is 120 Å². The largest absolute Gasteiger partial charge is 0.337 e. The average molecular weight is 268 g/mol. The van der Waals surface area contributed by atoms with Crippen molar-refractivity contribution < 1.29 is 4.79 Å². The van der Waals surface area contributed by atoms with Crippen LogP contribution in [0.15, 0.2) is 30.3 Å². The first-order valence-electron chi connectivity index (χ1n) is 7.50. The summed E-state index contributed by atoms with van der Waals surface area (Å²) in [4.78, 5) is 12.2. The van der Waals surface area contributed by atoms with Gasteiger partial charge in [-0.15, -0.1) is 0 Å². The second-order valence-corrected chi connectivity index (χ2v) is 6.18. The highest BCUT2D eigenvalue weighted by Gasteiger charge is 2.40. The highest BCUT2D eigenvalue weighted by atomic mass is 16.1. The summed E-state index contributed by atoms with van der Waals surface area (Å²) in [5.41, 5.74) is 0.858. The number of benzene rings is 1. The van der Waals surface area contributed by atoms with Crippen LogP contribution >= 0.6 is 0 Å². The summed E-state index contributed by atoms with van der Waals surface area (Å²) >= 11 is 0. The third-order valence-electron chi connectivity index (χ3n) is 4.90. The zero-order chi connectivity index (χ0) is 13.9. The molecule has 2 aliphatic rings. The number of carbonyl (C=O) groups excluding carboxylic acids is 1. The Morgan fingerprint density at radius 2 is 2.10 bits per heavy atom. The Balaban J connectivity index is 1.57. The molecule has 0 saturated heterocycles. The molecule has 4 unspecified atom stereocenters. The Kier molecular flexibility index (Phi) is 3.73. The number of amides is 1. The Bertz CT molecular complexity index is 520. The molecule has 2 fully saturated rings. The van der Waals surface area contributed by atoms with Crippen molar-refractivity contribution in [2.75, 3.05) is 0 Å². The summed E-state index contributed by atoms with van der Waals surface area (Å²) in [6.45, 7) is 0. The normalized spacial score (nSPS) is 28.9. The number of carbonyl (C=O) groups is 1. The molecule has 0 aliphatic heterocycles. The van der Waals surface area contributed by atoms with Gasteiger partial charge in [-0.05, 0) is 42.6 Å². The van der Waals surface area contributed by atoms with Gasteiger partial charge in [-0.25, -0.2) is 0 Å². The second kappa shape index (κ2) is 5.66. The summed E-state index contributed by atoms with van der Waals surface area (Å²) in [6.07, 6.45) is 5.77. The fraction of sp³-hybridized carbons (Fsp3) is 0.529. The third kappa shape index (κ3) is 2.70. The molecule has 1 amide bonds. The number of fused-ring (bicyclic) bond motifs is 2. The maximum absolute atomic E-state index is 12.2. The van der Waals surface area contributed by atoms with Gasteiger partial charge in [0.05, 0.1) is 6.07 Å². The smallest absolute Gasteiger partial charge is 0.221 e. The molecule has 4 atom stereocenters. The minimum absolute atomic E-state index is 0.0259. The highest BCUT2D eigenvalue weighted by Crippen LogP contribution is 2.49. The topological polar surface area (TPSA) is 52.9 Å². The van der Waals surface area contributed by atoms with E-state index in [1.54, 1.807) is 0 Å². The maximum atomic E-state index is 12.2. The minimum atomic E-state index is -0.526. The number of nitriles is 1. The molecule has 0 radical (unpaired) electrons. The van der Waals surface area contributed by atoms with Gasteiger partial charge >= 0.3 is 0 Å². The van der Waals surface area contributed by atoms with E-state index < -0.39 is 6.04 Å². The van der Waals surface area contributed by atoms with Crippen LogP contribution in [-0.2, 0) is 4.79 Å². The molecular formula is C17H20N2O. The van der Waals surface area contributed by atoms with Gasteiger partial charge in [0.2, 0.25) is 5.91 Å². The van der Waals surface area contributed by atoms with Crippen molar-refractivity contribution in [3.8, 4) is 6.07 Å². The van der Waals surface area contributed by atoms with Crippen LogP contribution in [0.4, 0.5) is 0 Å². The molecule has 20 heavy (non-hydrogen) atoms. The molecule has 3 rings (SSSR count). The molecule has 0 heterocycles. The van der Waals surface area contributed by atoms with Crippen molar-refractivity contribution in [3.05, 3.63) is 35.9 Å². The fourth-order valence-electron chi connectivity index (χ4n) is 3.92. The van der Waals surface area contributed by atoms with Crippen molar-refractivity contribution in [2.45, 2.75) is 38.1 Å². The van der Waals surface area contributed by atoms with E-state index in [4.69, 9.17) is 0 Å². The summed E-state index contributed by atoms with van der Waals surface area (Å²) < 4.78 is 0. The molecule has 3 heteroatoms. The fourth-order valence-corrected chi connectivity index (χ4v) is 3.92. The molecule has 1 N–H and O–H groups in total. The quantitative estimate of drug-likeness (QED) is 0.911. The van der Waals surface area contributed by atoms with Gasteiger partial charge < -0.3 is 5.32 Å². The predicted octanol–water partition coefficient (Wildman–Crippen LogP) is 3.19. The second-order valence-electron chi connectivity index (χ2n) is 6.18. The molecule has 0 spiro atoms. The lowest BCUT2D eigenvalue weighted by atomic mass is 9.86. The molecule has 0 aromatic heterocycles. The summed E-state index contributed by atoms with van der Waals surface area (Å²) in [7, 11) is 0. The Hall–Kier alpha value is -1.82. The third-order valence-corrected chi connectivity index (χ3v) is 4.90. The lowest BCUT2D eigenvalue weighted by Crippen LogP contribution is -2.30. The van der Waals surface area contributed by atoms with Gasteiger partial charge in [-0.2, -0.15) is 5.26 Å². The van der Waals surface area contributed by atoms with E-state index in [1.165, 1.54) is 25.7 Å². The van der Waals surface area contributed by atoms with Gasteiger partial charge in [0, 0.05) is 6.42 Å². The van der Waals surface area contributed by atoms with Crippen molar-refractivity contribution in [1.82, 2.24) is 5.32 Å². The van der Waals surface area contributed by atoms with Gasteiger partial charge in [0.15, 0.2) is 0 Å². The Morgan fingerprint density at radius 1 is 1.30 bits per heavy atom. The predicted molar refractivity (Wildman–Crippen MR) is 76.5 cm³/mol. The van der Waals surface area contributed by atoms with E-state index in [2.05, 4.69) is 11.4 Å². The number of rotatable bonds is 4. The minimum Gasteiger partial charge on any atom is -0.337 e. The van der Waals surface area contributed by atoms with Gasteiger partial charge in [0.1, 0.15) is 6.04 Å². The summed E-state index contributed by atoms with van der Waals surface area (Å²) in [5, 5.41) is 12.1. The van der Waals surface area contributed by atoms with Crippen LogP contribution in [0.25, 0.3) is 0 Å². The van der Waals surface area contributed by atoms with E-state index in [-0.39, 0.29) is 5.91 Å². The summed E-state index contributed by atoms with van der Waals surface area (Å²) in [6, 6.07) is 11.1. The number of hydrogen-bond donors (Lipinski definition) is 1. The van der Waals surface area contributed by atoms with E-state index in [9.17, 15) is 10.1 Å². The molecular weight excluding hydrogens is 248 g/mol. The Morgan fingerprint density at radius 3 is 2.70 bits per heavy atom. The molecule has 2 aliphatic carbocycles. The van der Waals surface area contributed by atoms with Crippen molar-refractivity contribution in [1.29, 1.82) is 5.26 Å². The van der Waals surface area contributed by atoms with E-state index in [1.807, 2.05) is 30.3 Å². The van der Waals surface area contributed by atoms with Gasteiger partial charge in [0.25, 0.3) is 0 Å². The van der Waals surface area contributed by atoms with Crippen molar-refractivity contribution >= 4 is 5.91 Å². The highest BCUT2D eigenvalue weighted by molar-refractivity contribution is 5.77. The first kappa shape index (κ1) is 13.2. The molecule has 1 aromatic carbocycles. The van der Waals surface area contributed by atoms with E-state index in [0.29, 0.717) is 12.3 Å². The molecule has 2 saturated carbocycles. The van der Waals surface area contributed by atoms with E-state index in [0.717, 1.165) is 17.4 Å². The molecule has 1 aromatic rings. The maximum Gasteiger partial charge on any atom is 0.221 e. The van der Waals surface area contributed by atoms with Crippen LogP contribution in [0.3, 0.4) is 0 Å².